The second-order valence-corrected chi connectivity index (χ2v) is 6.71. The topological polar surface area (TPSA) is 130 Å². The number of H-pyrrole nitrogens is 2. The lowest BCUT2D eigenvalue weighted by Crippen LogP contribution is -2.34. The zero-order valence-electron chi connectivity index (χ0n) is 15.5. The van der Waals surface area contributed by atoms with E-state index in [0.29, 0.717) is 24.7 Å². The fourth-order valence-corrected chi connectivity index (χ4v) is 2.49. The maximum absolute atomic E-state index is 12.2. The molecule has 0 radical (unpaired) electrons. The number of hydrogen-bond acceptors (Lipinski definition) is 5. The number of fused-ring (bicyclic) bond motifs is 1. The summed E-state index contributed by atoms with van der Waals surface area (Å²) in [5.74, 6) is 0.866. The maximum Gasteiger partial charge on any atom is 0.329 e. The van der Waals surface area contributed by atoms with Crippen molar-refractivity contribution in [2.45, 2.75) is 39.2 Å². The van der Waals surface area contributed by atoms with Gasteiger partial charge in [-0.15, -0.1) is 12.4 Å². The molecule has 0 saturated heterocycles. The highest BCUT2D eigenvalue weighted by Gasteiger charge is 2.15. The highest BCUT2D eigenvalue weighted by Crippen LogP contribution is 2.08. The van der Waals surface area contributed by atoms with Crippen LogP contribution in [-0.4, -0.2) is 50.0 Å². The molecule has 1 unspecified atom stereocenters. The van der Waals surface area contributed by atoms with Gasteiger partial charge in [0, 0.05) is 39.5 Å². The molecule has 10 heteroatoms. The first-order valence-corrected chi connectivity index (χ1v) is 8.38. The summed E-state index contributed by atoms with van der Waals surface area (Å²) in [6, 6.07) is 0.0682. The van der Waals surface area contributed by atoms with Crippen molar-refractivity contribution in [2.24, 2.45) is 18.7 Å². The van der Waals surface area contributed by atoms with Crippen molar-refractivity contribution in [1.29, 1.82) is 0 Å². The number of amides is 1. The largest absolute Gasteiger partial charge is 0.346 e. The smallest absolute Gasteiger partial charge is 0.329 e. The molecule has 0 aromatic carbocycles. The zero-order valence-corrected chi connectivity index (χ0v) is 16.4. The minimum absolute atomic E-state index is 0. The lowest BCUT2D eigenvalue weighted by atomic mass is 10.0. The summed E-state index contributed by atoms with van der Waals surface area (Å²) >= 11 is 0. The van der Waals surface area contributed by atoms with Crippen LogP contribution in [0.2, 0.25) is 0 Å². The molecule has 0 bridgehead atoms. The van der Waals surface area contributed by atoms with Crippen molar-refractivity contribution in [3.63, 3.8) is 0 Å². The fourth-order valence-electron chi connectivity index (χ4n) is 2.49. The normalized spacial score (nSPS) is 12.2. The second-order valence-electron chi connectivity index (χ2n) is 6.71. The predicted octanol–water partition coefficient (Wildman–Crippen LogP) is 0.136. The Labute approximate surface area is 157 Å². The van der Waals surface area contributed by atoms with Gasteiger partial charge in [0.15, 0.2) is 5.65 Å². The lowest BCUT2D eigenvalue weighted by molar-refractivity contribution is -0.130. The predicted molar refractivity (Wildman–Crippen MR) is 103 cm³/mol. The van der Waals surface area contributed by atoms with Crippen molar-refractivity contribution < 1.29 is 4.79 Å². The SMILES string of the molecule is CC(C)C(N)CCN(C)C(=O)CCc1nc2c([nH]1)c(=O)[nH]c(=O)n2C.Cl. The summed E-state index contributed by atoms with van der Waals surface area (Å²) < 4.78 is 1.26. The molecular formula is C16H27ClN6O3. The first-order chi connectivity index (χ1) is 11.7. The molecule has 9 nitrogen and oxygen atoms in total. The average Bonchev–Trinajstić information content (AvgIpc) is 3.00. The summed E-state index contributed by atoms with van der Waals surface area (Å²) in [5.41, 5.74) is 5.49. The third-order valence-corrected chi connectivity index (χ3v) is 4.46. The molecule has 2 aromatic rings. The number of aromatic nitrogens is 4. The molecule has 26 heavy (non-hydrogen) atoms. The van der Waals surface area contributed by atoms with Crippen LogP contribution in [0.3, 0.4) is 0 Å². The van der Waals surface area contributed by atoms with Gasteiger partial charge in [0.2, 0.25) is 5.91 Å². The molecule has 0 aliphatic heterocycles. The Balaban J connectivity index is 0.00000338. The van der Waals surface area contributed by atoms with E-state index in [-0.39, 0.29) is 41.9 Å². The van der Waals surface area contributed by atoms with Crippen LogP contribution < -0.4 is 17.0 Å². The van der Waals surface area contributed by atoms with Crippen LogP contribution in [-0.2, 0) is 18.3 Å². The van der Waals surface area contributed by atoms with E-state index in [2.05, 4.69) is 28.8 Å². The molecule has 0 spiro atoms. The number of nitrogens with one attached hydrogen (secondary N) is 2. The van der Waals surface area contributed by atoms with Crippen molar-refractivity contribution in [3.8, 4) is 0 Å². The van der Waals surface area contributed by atoms with E-state index in [1.165, 1.54) is 11.6 Å². The van der Waals surface area contributed by atoms with Gasteiger partial charge in [-0.2, -0.15) is 0 Å². The number of nitrogens with zero attached hydrogens (tertiary/aromatic N) is 3. The third-order valence-electron chi connectivity index (χ3n) is 4.46. The quantitative estimate of drug-likeness (QED) is 0.623. The Kier molecular flexibility index (Phi) is 7.58. The highest BCUT2D eigenvalue weighted by atomic mass is 35.5. The van der Waals surface area contributed by atoms with Crippen molar-refractivity contribution in [2.75, 3.05) is 13.6 Å². The Hall–Kier alpha value is -2.13. The molecule has 2 aromatic heterocycles. The van der Waals surface area contributed by atoms with Gasteiger partial charge < -0.3 is 15.6 Å². The molecule has 2 heterocycles. The molecule has 0 aliphatic rings. The van der Waals surface area contributed by atoms with Gasteiger partial charge in [-0.25, -0.2) is 9.78 Å². The van der Waals surface area contributed by atoms with Crippen LogP contribution >= 0.6 is 12.4 Å². The van der Waals surface area contributed by atoms with Crippen molar-refractivity contribution in [1.82, 2.24) is 24.4 Å². The van der Waals surface area contributed by atoms with Crippen LogP contribution in [0.1, 0.15) is 32.5 Å². The van der Waals surface area contributed by atoms with Crippen LogP contribution in [0, 0.1) is 5.92 Å². The molecule has 1 amide bonds. The molecule has 2 rings (SSSR count). The molecular weight excluding hydrogens is 360 g/mol. The summed E-state index contributed by atoms with van der Waals surface area (Å²) in [7, 11) is 3.28. The third kappa shape index (κ3) is 4.95. The fraction of sp³-hybridized carbons (Fsp3) is 0.625. The Morgan fingerprint density at radius 1 is 1.31 bits per heavy atom. The molecule has 4 N–H and O–H groups in total. The number of imidazole rings is 1. The minimum atomic E-state index is -0.521. The van der Waals surface area contributed by atoms with E-state index in [9.17, 15) is 14.4 Å². The highest BCUT2D eigenvalue weighted by molar-refractivity contribution is 5.85. The Morgan fingerprint density at radius 2 is 1.96 bits per heavy atom. The first kappa shape index (κ1) is 21.9. The Bertz CT molecular complexity index is 869. The second kappa shape index (κ2) is 9.00. The van der Waals surface area contributed by atoms with E-state index < -0.39 is 11.2 Å². The van der Waals surface area contributed by atoms with E-state index in [1.807, 2.05) is 0 Å². The summed E-state index contributed by atoms with van der Waals surface area (Å²) in [6.45, 7) is 4.72. The Morgan fingerprint density at radius 3 is 2.58 bits per heavy atom. The number of hydrogen-bond donors (Lipinski definition) is 3. The number of aryl methyl sites for hydroxylation is 2. The monoisotopic (exact) mass is 386 g/mol. The van der Waals surface area contributed by atoms with Crippen LogP contribution in [0.5, 0.6) is 0 Å². The van der Waals surface area contributed by atoms with E-state index in [4.69, 9.17) is 5.73 Å². The molecule has 0 aliphatic carbocycles. The lowest BCUT2D eigenvalue weighted by Gasteiger charge is -2.21. The van der Waals surface area contributed by atoms with Crippen molar-refractivity contribution in [3.05, 3.63) is 26.7 Å². The summed E-state index contributed by atoms with van der Waals surface area (Å²) in [6.07, 6.45) is 1.38. The number of rotatable bonds is 7. The maximum atomic E-state index is 12.2. The average molecular weight is 387 g/mol. The van der Waals surface area contributed by atoms with Gasteiger partial charge in [-0.05, 0) is 12.3 Å². The van der Waals surface area contributed by atoms with Gasteiger partial charge >= 0.3 is 5.69 Å². The standard InChI is InChI=1S/C16H26N6O3.ClH/c1-9(2)10(17)7-8-21(3)12(23)6-5-11-18-13-14(19-11)22(4)16(25)20-15(13)24;/h9-10H,5-8,17H2,1-4H3,(H,18,19)(H,20,24,25);1H. The van der Waals surface area contributed by atoms with Gasteiger partial charge in [-0.1, -0.05) is 13.8 Å². The zero-order chi connectivity index (χ0) is 18.7. The molecule has 0 saturated carbocycles. The number of aromatic amines is 2. The van der Waals surface area contributed by atoms with Gasteiger partial charge in [0.1, 0.15) is 11.3 Å². The van der Waals surface area contributed by atoms with Gasteiger partial charge in [-0.3, -0.25) is 19.1 Å². The van der Waals surface area contributed by atoms with Crippen LogP contribution in [0.15, 0.2) is 9.59 Å². The van der Waals surface area contributed by atoms with E-state index in [0.717, 1.165) is 6.42 Å². The van der Waals surface area contributed by atoms with Gasteiger partial charge in [0.05, 0.1) is 0 Å². The van der Waals surface area contributed by atoms with E-state index >= 15 is 0 Å². The summed E-state index contributed by atoms with van der Waals surface area (Å²) in [4.78, 5) is 46.6. The van der Waals surface area contributed by atoms with E-state index in [1.54, 1.807) is 11.9 Å². The number of carbonyl (C=O) groups is 1. The molecule has 1 atom stereocenters. The van der Waals surface area contributed by atoms with Gasteiger partial charge in [0.25, 0.3) is 5.56 Å². The van der Waals surface area contributed by atoms with Crippen LogP contribution in [0.4, 0.5) is 0 Å². The summed E-state index contributed by atoms with van der Waals surface area (Å²) in [5, 5.41) is 0. The molecule has 146 valence electrons. The number of carbonyl (C=O) groups excluding carboxylic acids is 1. The number of nitrogens with two attached hydrogens (primary N) is 1. The number of halogens is 1. The van der Waals surface area contributed by atoms with Crippen LogP contribution in [0.25, 0.3) is 11.2 Å². The minimum Gasteiger partial charge on any atom is -0.346 e. The van der Waals surface area contributed by atoms with Crippen molar-refractivity contribution >= 4 is 29.5 Å². The molecule has 0 fully saturated rings. The first-order valence-electron chi connectivity index (χ1n) is 8.38.